The number of hydrogen-bond donors (Lipinski definition) is 0. The summed E-state index contributed by atoms with van der Waals surface area (Å²) >= 11 is 0. The van der Waals surface area contributed by atoms with Gasteiger partial charge in [-0.15, -0.1) is 0 Å². The Hall–Kier alpha value is -7.04. The zero-order valence-electron chi connectivity index (χ0n) is 30.5. The average Bonchev–Trinajstić information content (AvgIpc) is 3.76. The Balaban J connectivity index is 1.02. The molecule has 4 heteroatoms. The van der Waals surface area contributed by atoms with E-state index in [0.29, 0.717) is 5.95 Å². The van der Waals surface area contributed by atoms with Crippen molar-refractivity contribution in [1.82, 2.24) is 19.1 Å². The van der Waals surface area contributed by atoms with Gasteiger partial charge in [0.1, 0.15) is 0 Å². The van der Waals surface area contributed by atoms with Crippen molar-refractivity contribution in [2.75, 3.05) is 0 Å². The standard InChI is InChI=1S/C51H34N4/c1-51(2)41-17-8-5-16-39(41)48-47-42(51)18-11-19-43(47)52-50(53-48)55-45-21-10-7-15-37(45)40-30-33(25-29-46(40)55)31-22-26-34(27-23-31)54-44-20-9-6-14-36(44)38-28-24-32-12-3-4-13-35(32)49(38)54/h3-30H,1-2H3. The second-order valence-corrected chi connectivity index (χ2v) is 15.4. The maximum absolute atomic E-state index is 5.41. The molecule has 0 aliphatic heterocycles. The van der Waals surface area contributed by atoms with Crippen LogP contribution in [0.15, 0.2) is 170 Å². The van der Waals surface area contributed by atoms with E-state index in [-0.39, 0.29) is 5.41 Å². The number of nitrogens with zero attached hydrogens (tertiary/aromatic N) is 4. The van der Waals surface area contributed by atoms with E-state index in [1.165, 1.54) is 71.2 Å². The van der Waals surface area contributed by atoms with Crippen LogP contribution in [0.2, 0.25) is 0 Å². The van der Waals surface area contributed by atoms with Crippen molar-refractivity contribution < 1.29 is 0 Å². The zero-order chi connectivity index (χ0) is 36.4. The van der Waals surface area contributed by atoms with Crippen molar-refractivity contribution in [1.29, 1.82) is 0 Å². The Bertz CT molecular complexity index is 3400. The van der Waals surface area contributed by atoms with Gasteiger partial charge in [0.15, 0.2) is 0 Å². The monoisotopic (exact) mass is 702 g/mol. The van der Waals surface area contributed by atoms with Crippen molar-refractivity contribution in [3.05, 3.63) is 181 Å². The Kier molecular flexibility index (Phi) is 6.09. The Morgan fingerprint density at radius 1 is 0.455 bits per heavy atom. The van der Waals surface area contributed by atoms with Gasteiger partial charge in [0.25, 0.3) is 0 Å². The maximum atomic E-state index is 5.41. The summed E-state index contributed by atoms with van der Waals surface area (Å²) in [5.74, 6) is 0.691. The molecule has 0 N–H and O–H groups in total. The number of rotatable bonds is 3. The minimum atomic E-state index is -0.146. The van der Waals surface area contributed by atoms with E-state index >= 15 is 0 Å². The third-order valence-electron chi connectivity index (χ3n) is 12.1. The second kappa shape index (κ2) is 11.0. The van der Waals surface area contributed by atoms with Crippen molar-refractivity contribution in [2.45, 2.75) is 19.3 Å². The van der Waals surface area contributed by atoms with E-state index in [1.807, 2.05) is 0 Å². The van der Waals surface area contributed by atoms with Gasteiger partial charge >= 0.3 is 0 Å². The van der Waals surface area contributed by atoms with Gasteiger partial charge in [-0.3, -0.25) is 4.57 Å². The molecule has 8 aromatic carbocycles. The highest BCUT2D eigenvalue weighted by atomic mass is 15.2. The van der Waals surface area contributed by atoms with Crippen LogP contribution < -0.4 is 0 Å². The molecule has 0 atom stereocenters. The van der Waals surface area contributed by atoms with E-state index in [2.05, 4.69) is 193 Å². The van der Waals surface area contributed by atoms with Crippen LogP contribution in [0.5, 0.6) is 0 Å². The Morgan fingerprint density at radius 2 is 1.11 bits per heavy atom. The minimum absolute atomic E-state index is 0.146. The third kappa shape index (κ3) is 4.17. The summed E-state index contributed by atoms with van der Waals surface area (Å²) in [6.45, 7) is 4.61. The van der Waals surface area contributed by atoms with Gasteiger partial charge in [0, 0.05) is 49.0 Å². The molecule has 0 fully saturated rings. The number of hydrogen-bond acceptors (Lipinski definition) is 2. The third-order valence-corrected chi connectivity index (χ3v) is 12.1. The maximum Gasteiger partial charge on any atom is 0.235 e. The molecular formula is C51H34N4. The Morgan fingerprint density at radius 3 is 1.95 bits per heavy atom. The highest BCUT2D eigenvalue weighted by Crippen LogP contribution is 2.48. The van der Waals surface area contributed by atoms with E-state index in [4.69, 9.17) is 9.97 Å². The molecule has 0 amide bonds. The van der Waals surface area contributed by atoms with Gasteiger partial charge in [0.05, 0.1) is 33.3 Å². The molecule has 258 valence electrons. The Labute approximate surface area is 317 Å². The molecule has 12 rings (SSSR count). The van der Waals surface area contributed by atoms with E-state index in [1.54, 1.807) is 0 Å². The van der Waals surface area contributed by atoms with E-state index in [9.17, 15) is 0 Å². The van der Waals surface area contributed by atoms with E-state index < -0.39 is 0 Å². The molecule has 0 unspecified atom stereocenters. The molecule has 0 radical (unpaired) electrons. The van der Waals surface area contributed by atoms with Crippen molar-refractivity contribution in [3.8, 4) is 34.0 Å². The quantitative estimate of drug-likeness (QED) is 0.184. The zero-order valence-corrected chi connectivity index (χ0v) is 30.5. The fourth-order valence-electron chi connectivity index (χ4n) is 9.54. The van der Waals surface area contributed by atoms with Crippen LogP contribution in [0.25, 0.3) is 99.3 Å². The van der Waals surface area contributed by atoms with Gasteiger partial charge in [-0.1, -0.05) is 141 Å². The summed E-state index contributed by atoms with van der Waals surface area (Å²) in [6.07, 6.45) is 0. The SMILES string of the molecule is CC1(C)c2ccccc2-c2nc(-n3c4ccccc4c4cc(-c5ccc(-n6c7ccccc7c7ccc8ccccc8c76)cc5)ccc43)nc3cccc1c23. The second-order valence-electron chi connectivity index (χ2n) is 15.4. The van der Waals surface area contributed by atoms with Crippen molar-refractivity contribution >= 4 is 65.3 Å². The normalized spacial score (nSPS) is 13.4. The fourth-order valence-corrected chi connectivity index (χ4v) is 9.54. The topological polar surface area (TPSA) is 35.6 Å². The van der Waals surface area contributed by atoms with E-state index in [0.717, 1.165) is 33.3 Å². The summed E-state index contributed by atoms with van der Waals surface area (Å²) in [5.41, 5.74) is 13.7. The van der Waals surface area contributed by atoms with Crippen molar-refractivity contribution in [3.63, 3.8) is 0 Å². The smallest absolute Gasteiger partial charge is 0.235 e. The molecule has 0 saturated heterocycles. The number of aromatic nitrogens is 4. The molecule has 0 bridgehead atoms. The van der Waals surface area contributed by atoms with Gasteiger partial charge in [0.2, 0.25) is 5.95 Å². The molecule has 1 aliphatic carbocycles. The summed E-state index contributed by atoms with van der Waals surface area (Å²) in [4.78, 5) is 10.7. The molecule has 0 spiro atoms. The van der Waals surface area contributed by atoms with Gasteiger partial charge < -0.3 is 4.57 Å². The number of benzene rings is 8. The molecular weight excluding hydrogens is 669 g/mol. The first-order valence-corrected chi connectivity index (χ1v) is 19.0. The molecule has 4 nitrogen and oxygen atoms in total. The van der Waals surface area contributed by atoms with Crippen LogP contribution in [0.4, 0.5) is 0 Å². The van der Waals surface area contributed by atoms with Crippen LogP contribution >= 0.6 is 0 Å². The predicted molar refractivity (Wildman–Crippen MR) is 229 cm³/mol. The van der Waals surface area contributed by atoms with Gasteiger partial charge in [-0.05, 0) is 70.1 Å². The average molecular weight is 703 g/mol. The lowest BCUT2D eigenvalue weighted by atomic mass is 9.70. The van der Waals surface area contributed by atoms with Gasteiger partial charge in [-0.25, -0.2) is 9.97 Å². The summed E-state index contributed by atoms with van der Waals surface area (Å²) < 4.78 is 4.67. The lowest BCUT2D eigenvalue weighted by molar-refractivity contribution is 0.643. The lowest BCUT2D eigenvalue weighted by Crippen LogP contribution is -2.24. The number of para-hydroxylation sites is 2. The molecule has 0 saturated carbocycles. The molecule has 1 aliphatic rings. The van der Waals surface area contributed by atoms with Crippen LogP contribution in [0, 0.1) is 0 Å². The largest absolute Gasteiger partial charge is 0.309 e. The highest BCUT2D eigenvalue weighted by molar-refractivity contribution is 6.18. The summed E-state index contributed by atoms with van der Waals surface area (Å²) in [5, 5.41) is 8.55. The predicted octanol–water partition coefficient (Wildman–Crippen LogP) is 13.0. The van der Waals surface area contributed by atoms with Crippen LogP contribution in [0.3, 0.4) is 0 Å². The van der Waals surface area contributed by atoms with Gasteiger partial charge in [-0.2, -0.15) is 0 Å². The fraction of sp³-hybridized carbons (Fsp3) is 0.0588. The van der Waals surface area contributed by atoms with Crippen LogP contribution in [-0.2, 0) is 5.41 Å². The van der Waals surface area contributed by atoms with Crippen molar-refractivity contribution in [2.24, 2.45) is 0 Å². The molecule has 11 aromatic rings. The van der Waals surface area contributed by atoms with Crippen LogP contribution in [-0.4, -0.2) is 19.1 Å². The first-order valence-electron chi connectivity index (χ1n) is 19.0. The highest BCUT2D eigenvalue weighted by Gasteiger charge is 2.34. The molecule has 3 aromatic heterocycles. The first kappa shape index (κ1) is 30.4. The number of fused-ring (bicyclic) bond motifs is 10. The summed E-state index contributed by atoms with van der Waals surface area (Å²) in [7, 11) is 0. The molecule has 3 heterocycles. The van der Waals surface area contributed by atoms with Crippen LogP contribution in [0.1, 0.15) is 25.0 Å². The summed E-state index contributed by atoms with van der Waals surface area (Å²) in [6, 6.07) is 61.7. The first-order chi connectivity index (χ1) is 27.0. The lowest BCUT2D eigenvalue weighted by Gasteiger charge is -2.34. The minimum Gasteiger partial charge on any atom is -0.309 e. The molecule has 55 heavy (non-hydrogen) atoms.